The van der Waals surface area contributed by atoms with Gasteiger partial charge in [0.2, 0.25) is 0 Å². The summed E-state index contributed by atoms with van der Waals surface area (Å²) in [7, 11) is 0. The van der Waals surface area contributed by atoms with Crippen molar-refractivity contribution in [2.75, 3.05) is 6.54 Å². The van der Waals surface area contributed by atoms with Gasteiger partial charge in [-0.15, -0.1) is 0 Å². The van der Waals surface area contributed by atoms with Gasteiger partial charge in [-0.25, -0.2) is 9.97 Å². The number of nitrogens with one attached hydrogen (secondary N) is 1. The van der Waals surface area contributed by atoms with Gasteiger partial charge in [-0.05, 0) is 37.9 Å². The van der Waals surface area contributed by atoms with Crippen molar-refractivity contribution in [2.24, 2.45) is 5.92 Å². The van der Waals surface area contributed by atoms with Crippen molar-refractivity contribution in [3.8, 4) is 5.82 Å². The number of nitrogens with zero attached hydrogens (tertiary/aromatic N) is 3. The Morgan fingerprint density at radius 3 is 2.65 bits per heavy atom. The maximum Gasteiger partial charge on any atom is 0.138 e. The van der Waals surface area contributed by atoms with E-state index in [0.717, 1.165) is 35.9 Å². The standard InChI is InChI=1S/C15H21ClN4/c1-10(2)6-17-7-13-5-15(18-8-14(13)16)20-9-19-11(3)12(20)4/h5,8-10,17H,6-7H2,1-4H3. The fourth-order valence-electron chi connectivity index (χ4n) is 1.96. The molecule has 0 atom stereocenters. The second kappa shape index (κ2) is 6.37. The normalized spacial score (nSPS) is 11.3. The summed E-state index contributed by atoms with van der Waals surface area (Å²) in [6.07, 6.45) is 3.50. The Bertz CT molecular complexity index is 590. The van der Waals surface area contributed by atoms with E-state index < -0.39 is 0 Å². The third-order valence-corrected chi connectivity index (χ3v) is 3.63. The molecule has 0 amide bonds. The second-order valence-electron chi connectivity index (χ2n) is 5.44. The molecule has 2 aromatic heterocycles. The molecule has 108 valence electrons. The van der Waals surface area contributed by atoms with Crippen LogP contribution in [-0.4, -0.2) is 21.1 Å². The van der Waals surface area contributed by atoms with Crippen molar-refractivity contribution in [3.63, 3.8) is 0 Å². The zero-order valence-electron chi connectivity index (χ0n) is 12.4. The molecule has 1 N–H and O–H groups in total. The van der Waals surface area contributed by atoms with E-state index in [1.165, 1.54) is 0 Å². The van der Waals surface area contributed by atoms with E-state index in [1.54, 1.807) is 12.5 Å². The Labute approximate surface area is 125 Å². The Morgan fingerprint density at radius 2 is 2.05 bits per heavy atom. The first-order valence-corrected chi connectivity index (χ1v) is 7.23. The van der Waals surface area contributed by atoms with Crippen molar-refractivity contribution >= 4 is 11.6 Å². The molecule has 20 heavy (non-hydrogen) atoms. The fourth-order valence-corrected chi connectivity index (χ4v) is 2.13. The molecule has 0 aromatic carbocycles. The molecule has 2 rings (SSSR count). The number of imidazole rings is 1. The SMILES string of the molecule is Cc1ncn(-c2cc(CNCC(C)C)c(Cl)cn2)c1C. The van der Waals surface area contributed by atoms with Crippen LogP contribution in [0.25, 0.3) is 5.82 Å². The Kier molecular flexibility index (Phi) is 4.78. The number of hydrogen-bond acceptors (Lipinski definition) is 3. The van der Waals surface area contributed by atoms with Crippen molar-refractivity contribution in [3.05, 3.63) is 40.6 Å². The first-order chi connectivity index (χ1) is 9.49. The molecule has 0 fully saturated rings. The molecule has 0 bridgehead atoms. The Balaban J connectivity index is 2.22. The number of hydrogen-bond donors (Lipinski definition) is 1. The van der Waals surface area contributed by atoms with Gasteiger partial charge < -0.3 is 5.32 Å². The third-order valence-electron chi connectivity index (χ3n) is 3.29. The molecule has 0 spiro atoms. The summed E-state index contributed by atoms with van der Waals surface area (Å²) in [5, 5.41) is 4.10. The summed E-state index contributed by atoms with van der Waals surface area (Å²) in [5.74, 6) is 1.47. The zero-order chi connectivity index (χ0) is 14.7. The molecule has 2 aromatic rings. The van der Waals surface area contributed by atoms with Gasteiger partial charge in [0.15, 0.2) is 0 Å². The largest absolute Gasteiger partial charge is 0.312 e. The molecule has 0 saturated heterocycles. The fraction of sp³-hybridized carbons (Fsp3) is 0.467. The number of pyridine rings is 1. The third kappa shape index (κ3) is 3.38. The van der Waals surface area contributed by atoms with Crippen molar-refractivity contribution in [1.29, 1.82) is 0 Å². The maximum atomic E-state index is 6.22. The van der Waals surface area contributed by atoms with Crippen LogP contribution in [0.3, 0.4) is 0 Å². The Morgan fingerprint density at radius 1 is 1.30 bits per heavy atom. The van der Waals surface area contributed by atoms with Gasteiger partial charge >= 0.3 is 0 Å². The highest BCUT2D eigenvalue weighted by molar-refractivity contribution is 6.31. The van der Waals surface area contributed by atoms with E-state index in [9.17, 15) is 0 Å². The van der Waals surface area contributed by atoms with Crippen molar-refractivity contribution < 1.29 is 0 Å². The maximum absolute atomic E-state index is 6.22. The van der Waals surface area contributed by atoms with Crippen LogP contribution in [0.2, 0.25) is 5.02 Å². The molecule has 0 radical (unpaired) electrons. The van der Waals surface area contributed by atoms with Crippen LogP contribution >= 0.6 is 11.6 Å². The minimum atomic E-state index is 0.619. The Hall–Kier alpha value is -1.39. The van der Waals surface area contributed by atoms with Crippen LogP contribution in [0.15, 0.2) is 18.6 Å². The highest BCUT2D eigenvalue weighted by Gasteiger charge is 2.09. The van der Waals surface area contributed by atoms with E-state index >= 15 is 0 Å². The molecule has 4 nitrogen and oxygen atoms in total. The summed E-state index contributed by atoms with van der Waals surface area (Å²) in [4.78, 5) is 8.69. The van der Waals surface area contributed by atoms with E-state index in [2.05, 4.69) is 29.1 Å². The average Bonchev–Trinajstić information content (AvgIpc) is 2.72. The van der Waals surface area contributed by atoms with Crippen LogP contribution in [0.4, 0.5) is 0 Å². The van der Waals surface area contributed by atoms with Gasteiger partial charge in [0.1, 0.15) is 12.1 Å². The molecular weight excluding hydrogens is 272 g/mol. The van der Waals surface area contributed by atoms with Gasteiger partial charge in [-0.1, -0.05) is 25.4 Å². The molecular formula is C15H21ClN4. The first kappa shape index (κ1) is 15.0. The van der Waals surface area contributed by atoms with Crippen LogP contribution in [0.1, 0.15) is 30.8 Å². The van der Waals surface area contributed by atoms with E-state index in [0.29, 0.717) is 10.9 Å². The van der Waals surface area contributed by atoms with Crippen molar-refractivity contribution in [1.82, 2.24) is 19.9 Å². The number of rotatable bonds is 5. The van der Waals surface area contributed by atoms with Gasteiger partial charge in [0.25, 0.3) is 0 Å². The zero-order valence-corrected chi connectivity index (χ0v) is 13.2. The molecule has 0 aliphatic heterocycles. The molecule has 2 heterocycles. The van der Waals surface area contributed by atoms with E-state index in [4.69, 9.17) is 11.6 Å². The minimum absolute atomic E-state index is 0.619. The number of halogens is 1. The molecule has 5 heteroatoms. The predicted molar refractivity (Wildman–Crippen MR) is 82.4 cm³/mol. The van der Waals surface area contributed by atoms with Gasteiger partial charge in [-0.2, -0.15) is 0 Å². The summed E-state index contributed by atoms with van der Waals surface area (Å²) >= 11 is 6.22. The lowest BCUT2D eigenvalue weighted by Gasteiger charge is -2.11. The van der Waals surface area contributed by atoms with Crippen LogP contribution in [-0.2, 0) is 6.54 Å². The van der Waals surface area contributed by atoms with Crippen LogP contribution in [0.5, 0.6) is 0 Å². The lowest BCUT2D eigenvalue weighted by Crippen LogP contribution is -2.19. The highest BCUT2D eigenvalue weighted by Crippen LogP contribution is 2.19. The second-order valence-corrected chi connectivity index (χ2v) is 5.85. The van der Waals surface area contributed by atoms with Gasteiger partial charge in [0, 0.05) is 18.4 Å². The highest BCUT2D eigenvalue weighted by atomic mass is 35.5. The van der Waals surface area contributed by atoms with Crippen LogP contribution < -0.4 is 5.32 Å². The van der Waals surface area contributed by atoms with Gasteiger partial charge in [0.05, 0.1) is 10.7 Å². The average molecular weight is 293 g/mol. The van der Waals surface area contributed by atoms with E-state index in [1.807, 2.05) is 24.5 Å². The first-order valence-electron chi connectivity index (χ1n) is 6.85. The molecule has 0 aliphatic carbocycles. The molecule has 0 unspecified atom stereocenters. The summed E-state index contributed by atoms with van der Waals surface area (Å²) in [6.45, 7) is 10.1. The lowest BCUT2D eigenvalue weighted by atomic mass is 10.2. The topological polar surface area (TPSA) is 42.7 Å². The monoisotopic (exact) mass is 292 g/mol. The van der Waals surface area contributed by atoms with E-state index in [-0.39, 0.29) is 0 Å². The predicted octanol–water partition coefficient (Wildman–Crippen LogP) is 3.28. The van der Waals surface area contributed by atoms with Crippen LogP contribution in [0, 0.1) is 19.8 Å². The summed E-state index contributed by atoms with van der Waals surface area (Å²) in [6, 6.07) is 2.02. The summed E-state index contributed by atoms with van der Waals surface area (Å²) in [5.41, 5.74) is 3.17. The smallest absolute Gasteiger partial charge is 0.138 e. The number of aryl methyl sites for hydroxylation is 1. The number of aromatic nitrogens is 3. The minimum Gasteiger partial charge on any atom is -0.312 e. The summed E-state index contributed by atoms with van der Waals surface area (Å²) < 4.78 is 1.98. The van der Waals surface area contributed by atoms with Gasteiger partial charge in [-0.3, -0.25) is 4.57 Å². The lowest BCUT2D eigenvalue weighted by molar-refractivity contribution is 0.552. The quantitative estimate of drug-likeness (QED) is 0.919. The molecule has 0 saturated carbocycles. The van der Waals surface area contributed by atoms with Crippen molar-refractivity contribution in [2.45, 2.75) is 34.2 Å². The molecule has 0 aliphatic rings.